The van der Waals surface area contributed by atoms with E-state index in [9.17, 15) is 9.59 Å². The summed E-state index contributed by atoms with van der Waals surface area (Å²) < 4.78 is 10.5. The highest BCUT2D eigenvalue weighted by Crippen LogP contribution is 2.49. The quantitative estimate of drug-likeness (QED) is 0.714. The van der Waals surface area contributed by atoms with Crippen LogP contribution in [0.4, 0.5) is 5.69 Å². The van der Waals surface area contributed by atoms with Crippen LogP contribution in [0.25, 0.3) is 0 Å². The zero-order valence-corrected chi connectivity index (χ0v) is 10.9. The topological polar surface area (TPSA) is 55.8 Å². The lowest BCUT2D eigenvalue weighted by Crippen LogP contribution is -2.45. The molecule has 1 aromatic carbocycles. The van der Waals surface area contributed by atoms with Crippen LogP contribution in [0, 0.1) is 0 Å². The Morgan fingerprint density at radius 3 is 2.79 bits per heavy atom. The van der Waals surface area contributed by atoms with E-state index in [0.29, 0.717) is 12.2 Å². The van der Waals surface area contributed by atoms with Gasteiger partial charge in [-0.1, -0.05) is 12.1 Å². The van der Waals surface area contributed by atoms with Crippen LogP contribution in [0.1, 0.15) is 18.4 Å². The van der Waals surface area contributed by atoms with E-state index in [2.05, 4.69) is 0 Å². The van der Waals surface area contributed by atoms with Gasteiger partial charge in [-0.2, -0.15) is 0 Å². The van der Waals surface area contributed by atoms with Gasteiger partial charge in [-0.25, -0.2) is 0 Å². The highest BCUT2D eigenvalue weighted by molar-refractivity contribution is 6.09. The van der Waals surface area contributed by atoms with E-state index >= 15 is 0 Å². The Balaban J connectivity index is 2.15. The van der Waals surface area contributed by atoms with E-state index in [1.54, 1.807) is 19.1 Å². The lowest BCUT2D eigenvalue weighted by atomic mass is 9.77. The summed E-state index contributed by atoms with van der Waals surface area (Å²) in [5.41, 5.74) is 0.951. The van der Waals surface area contributed by atoms with Crippen molar-refractivity contribution in [2.24, 2.45) is 0 Å². The van der Waals surface area contributed by atoms with Gasteiger partial charge in [0.05, 0.1) is 12.8 Å². The molecular weight excluding hydrogens is 246 g/mol. The van der Waals surface area contributed by atoms with Gasteiger partial charge in [0.15, 0.2) is 0 Å². The van der Waals surface area contributed by atoms with Crippen molar-refractivity contribution >= 4 is 17.6 Å². The highest BCUT2D eigenvalue weighted by atomic mass is 16.5. The first-order valence-electron chi connectivity index (χ1n) is 6.21. The fourth-order valence-electron chi connectivity index (χ4n) is 3.00. The minimum atomic E-state index is -0.730. The second kappa shape index (κ2) is 3.98. The molecule has 3 rings (SSSR count). The highest BCUT2D eigenvalue weighted by Gasteiger charge is 2.53. The smallest absolute Gasteiger partial charge is 0.305 e. The number of anilines is 1. The van der Waals surface area contributed by atoms with Crippen LogP contribution in [0.5, 0.6) is 5.75 Å². The van der Waals surface area contributed by atoms with Crippen molar-refractivity contribution in [3.8, 4) is 5.75 Å². The van der Waals surface area contributed by atoms with Gasteiger partial charge in [-0.15, -0.1) is 0 Å². The molecule has 1 atom stereocenters. The van der Waals surface area contributed by atoms with Gasteiger partial charge in [0.25, 0.3) is 0 Å². The van der Waals surface area contributed by atoms with Gasteiger partial charge in [0, 0.05) is 13.5 Å². The largest absolute Gasteiger partial charge is 0.495 e. The molecule has 0 N–H and O–H groups in total. The van der Waals surface area contributed by atoms with Crippen molar-refractivity contribution in [1.29, 1.82) is 0 Å². The Morgan fingerprint density at radius 2 is 2.16 bits per heavy atom. The summed E-state index contributed by atoms with van der Waals surface area (Å²) >= 11 is 0. The minimum Gasteiger partial charge on any atom is -0.495 e. The van der Waals surface area contributed by atoms with Crippen LogP contribution >= 0.6 is 0 Å². The molecule has 5 heteroatoms. The maximum Gasteiger partial charge on any atom is 0.305 e. The molecule has 0 saturated carbocycles. The van der Waals surface area contributed by atoms with Gasteiger partial charge < -0.3 is 14.4 Å². The van der Waals surface area contributed by atoms with Crippen LogP contribution in [-0.2, 0) is 19.7 Å². The fourth-order valence-corrected chi connectivity index (χ4v) is 3.00. The molecule has 1 spiro atoms. The van der Waals surface area contributed by atoms with Crippen molar-refractivity contribution in [3.63, 3.8) is 0 Å². The zero-order chi connectivity index (χ0) is 13.6. The lowest BCUT2D eigenvalue weighted by Gasteiger charge is -2.31. The van der Waals surface area contributed by atoms with Crippen molar-refractivity contribution < 1.29 is 19.1 Å². The van der Waals surface area contributed by atoms with Gasteiger partial charge >= 0.3 is 5.97 Å². The Bertz CT molecular complexity index is 557. The molecule has 2 heterocycles. The molecule has 0 aromatic heterocycles. The molecule has 1 saturated heterocycles. The summed E-state index contributed by atoms with van der Waals surface area (Å²) in [6.07, 6.45) is 0.769. The lowest BCUT2D eigenvalue weighted by molar-refractivity contribution is -0.152. The third-order valence-electron chi connectivity index (χ3n) is 4.02. The standard InChI is InChI=1S/C14H15NO4/c1-15-12-9(4-3-5-10(12)18-2)14(13(15)17)7-6-11(16)19-8-14/h3-5H,6-8H2,1-2H3. The minimum absolute atomic E-state index is 0.0282. The molecule has 100 valence electrons. The normalized spacial score (nSPS) is 25.5. The van der Waals surface area contributed by atoms with Crippen molar-refractivity contribution in [1.82, 2.24) is 0 Å². The van der Waals surface area contributed by atoms with Gasteiger partial charge in [0.1, 0.15) is 17.8 Å². The van der Waals surface area contributed by atoms with Gasteiger partial charge in [-0.3, -0.25) is 9.59 Å². The number of methoxy groups -OCH3 is 1. The number of carbonyl (C=O) groups excluding carboxylic acids is 2. The van der Waals surface area contributed by atoms with Gasteiger partial charge in [-0.05, 0) is 18.1 Å². The number of ether oxygens (including phenoxy) is 2. The number of likely N-dealkylation sites (N-methyl/N-ethyl adjacent to an activating group) is 1. The number of carbonyl (C=O) groups is 2. The summed E-state index contributed by atoms with van der Waals surface area (Å²) in [5.74, 6) is 0.402. The summed E-state index contributed by atoms with van der Waals surface area (Å²) in [7, 11) is 3.31. The molecule has 19 heavy (non-hydrogen) atoms. The Morgan fingerprint density at radius 1 is 1.37 bits per heavy atom. The van der Waals surface area contributed by atoms with Crippen LogP contribution in [0.3, 0.4) is 0 Å². The maximum absolute atomic E-state index is 12.6. The molecule has 1 amide bonds. The SMILES string of the molecule is COc1cccc2c1N(C)C(=O)C21CCC(=O)OC1. The summed E-state index contributed by atoms with van der Waals surface area (Å²) in [5, 5.41) is 0. The van der Waals surface area contributed by atoms with Crippen molar-refractivity contribution in [3.05, 3.63) is 23.8 Å². The fraction of sp³-hybridized carbons (Fsp3) is 0.429. The van der Waals surface area contributed by atoms with E-state index in [0.717, 1.165) is 11.3 Å². The molecule has 2 aliphatic heterocycles. The summed E-state index contributed by atoms with van der Waals surface area (Å²) in [6, 6.07) is 5.61. The number of hydrogen-bond acceptors (Lipinski definition) is 4. The van der Waals surface area contributed by atoms with Crippen molar-refractivity contribution in [2.75, 3.05) is 25.7 Å². The van der Waals surface area contributed by atoms with E-state index < -0.39 is 5.41 Å². The number of hydrogen-bond donors (Lipinski definition) is 0. The number of para-hydroxylation sites is 1. The molecule has 5 nitrogen and oxygen atoms in total. The molecule has 2 aliphatic rings. The molecule has 0 aliphatic carbocycles. The molecule has 1 unspecified atom stereocenters. The van der Waals surface area contributed by atoms with Crippen LogP contribution in [0.2, 0.25) is 0 Å². The molecule has 0 radical (unpaired) electrons. The Labute approximate surface area is 111 Å². The number of benzene rings is 1. The third-order valence-corrected chi connectivity index (χ3v) is 4.02. The number of fused-ring (bicyclic) bond motifs is 2. The second-order valence-electron chi connectivity index (χ2n) is 4.96. The number of nitrogens with zero attached hydrogens (tertiary/aromatic N) is 1. The molecule has 0 bridgehead atoms. The van der Waals surface area contributed by atoms with E-state index in [-0.39, 0.29) is 24.9 Å². The van der Waals surface area contributed by atoms with E-state index in [1.807, 2.05) is 18.2 Å². The van der Waals surface area contributed by atoms with Crippen LogP contribution < -0.4 is 9.64 Å². The first-order chi connectivity index (χ1) is 9.10. The number of rotatable bonds is 1. The van der Waals surface area contributed by atoms with Gasteiger partial charge in [0.2, 0.25) is 5.91 Å². The number of esters is 1. The van der Waals surface area contributed by atoms with Crippen LogP contribution in [0.15, 0.2) is 18.2 Å². The third kappa shape index (κ3) is 1.47. The number of cyclic esters (lactones) is 1. The monoisotopic (exact) mass is 261 g/mol. The predicted octanol–water partition coefficient (Wildman–Crippen LogP) is 1.25. The molecule has 1 fully saturated rings. The van der Waals surface area contributed by atoms with E-state index in [4.69, 9.17) is 9.47 Å². The zero-order valence-electron chi connectivity index (χ0n) is 10.9. The maximum atomic E-state index is 12.6. The Hall–Kier alpha value is -2.04. The summed E-state index contributed by atoms with van der Waals surface area (Å²) in [6.45, 7) is 0.120. The second-order valence-corrected chi connectivity index (χ2v) is 4.96. The van der Waals surface area contributed by atoms with E-state index in [1.165, 1.54) is 0 Å². The number of amides is 1. The average molecular weight is 261 g/mol. The van der Waals surface area contributed by atoms with Crippen molar-refractivity contribution in [2.45, 2.75) is 18.3 Å². The Kier molecular flexibility index (Phi) is 2.52. The predicted molar refractivity (Wildman–Crippen MR) is 68.3 cm³/mol. The molecule has 1 aromatic rings. The summed E-state index contributed by atoms with van der Waals surface area (Å²) in [4.78, 5) is 25.5. The van der Waals surface area contributed by atoms with Crippen LogP contribution in [-0.4, -0.2) is 32.6 Å². The first kappa shape index (κ1) is 12.0. The first-order valence-corrected chi connectivity index (χ1v) is 6.21. The average Bonchev–Trinajstić information content (AvgIpc) is 2.65. The molecular formula is C14H15NO4.